The first-order valence-electron chi connectivity index (χ1n) is 4.88. The molecule has 0 aromatic carbocycles. The van der Waals surface area contributed by atoms with Gasteiger partial charge in [-0.25, -0.2) is 9.78 Å². The highest BCUT2D eigenvalue weighted by molar-refractivity contribution is 7.13. The van der Waals surface area contributed by atoms with Crippen LogP contribution in [0.2, 0.25) is 0 Å². The van der Waals surface area contributed by atoms with Crippen molar-refractivity contribution < 1.29 is 14.4 Å². The summed E-state index contributed by atoms with van der Waals surface area (Å²) < 4.78 is 4.85. The maximum Gasteiger partial charge on any atom is 0.362 e. The molecule has 0 saturated carbocycles. The smallest absolute Gasteiger partial charge is 0.362 e. The van der Waals surface area contributed by atoms with Crippen LogP contribution in [0.4, 0.5) is 5.13 Å². The zero-order valence-electron chi connectivity index (χ0n) is 9.38. The Morgan fingerprint density at radius 2 is 2.53 bits per heavy atom. The highest BCUT2D eigenvalue weighted by atomic mass is 32.1. The first kappa shape index (κ1) is 13.2. The summed E-state index contributed by atoms with van der Waals surface area (Å²) in [5.74, 6) is -0.595. The van der Waals surface area contributed by atoms with E-state index < -0.39 is 5.97 Å². The standard InChI is InChI=1S/C10H13N3O3S/c1-3-5-16-13-8(9(14)15-4-2)7-6-17-10(11)12-7/h3,6H,1,4-5H2,2H3,(H2,11,12). The average molecular weight is 255 g/mol. The molecule has 0 radical (unpaired) electrons. The van der Waals surface area contributed by atoms with Gasteiger partial charge in [-0.15, -0.1) is 11.3 Å². The van der Waals surface area contributed by atoms with Crippen molar-refractivity contribution in [2.24, 2.45) is 5.16 Å². The Labute approximate surface area is 103 Å². The van der Waals surface area contributed by atoms with Gasteiger partial charge in [-0.1, -0.05) is 17.8 Å². The third kappa shape index (κ3) is 3.87. The molecule has 1 rings (SSSR count). The number of thiazole rings is 1. The van der Waals surface area contributed by atoms with Crippen LogP contribution in [0, 0.1) is 0 Å². The van der Waals surface area contributed by atoms with Crippen LogP contribution in [0.25, 0.3) is 0 Å². The molecule has 1 aromatic heterocycles. The fraction of sp³-hybridized carbons (Fsp3) is 0.300. The van der Waals surface area contributed by atoms with Gasteiger partial charge in [-0.3, -0.25) is 0 Å². The van der Waals surface area contributed by atoms with Gasteiger partial charge in [0.05, 0.1) is 6.61 Å². The van der Waals surface area contributed by atoms with Gasteiger partial charge >= 0.3 is 5.97 Å². The number of nitrogens with zero attached hydrogens (tertiary/aromatic N) is 2. The number of nitrogen functional groups attached to an aromatic ring is 1. The van der Waals surface area contributed by atoms with Gasteiger partial charge < -0.3 is 15.3 Å². The molecule has 0 amide bonds. The first-order valence-corrected chi connectivity index (χ1v) is 5.76. The average Bonchev–Trinajstić information content (AvgIpc) is 2.71. The van der Waals surface area contributed by atoms with Crippen molar-refractivity contribution in [2.75, 3.05) is 18.9 Å². The summed E-state index contributed by atoms with van der Waals surface area (Å²) in [6.45, 7) is 5.62. The van der Waals surface area contributed by atoms with E-state index in [1.165, 1.54) is 17.4 Å². The van der Waals surface area contributed by atoms with Crippen LogP contribution in [0.3, 0.4) is 0 Å². The quantitative estimate of drug-likeness (QED) is 0.271. The molecular formula is C10H13N3O3S. The van der Waals surface area contributed by atoms with Crippen molar-refractivity contribution in [1.29, 1.82) is 0 Å². The summed E-state index contributed by atoms with van der Waals surface area (Å²) in [6, 6.07) is 0. The van der Waals surface area contributed by atoms with Crippen LogP contribution in [0.15, 0.2) is 23.2 Å². The van der Waals surface area contributed by atoms with Crippen molar-refractivity contribution >= 4 is 28.1 Å². The molecule has 0 unspecified atom stereocenters. The van der Waals surface area contributed by atoms with Crippen LogP contribution in [0.1, 0.15) is 12.6 Å². The molecule has 0 saturated heterocycles. The van der Waals surface area contributed by atoms with Crippen molar-refractivity contribution in [2.45, 2.75) is 6.92 Å². The number of hydrogen-bond donors (Lipinski definition) is 1. The maximum absolute atomic E-state index is 11.6. The van der Waals surface area contributed by atoms with E-state index in [-0.39, 0.29) is 18.9 Å². The van der Waals surface area contributed by atoms with E-state index in [1.807, 2.05) is 0 Å². The van der Waals surface area contributed by atoms with Crippen LogP contribution < -0.4 is 5.73 Å². The van der Waals surface area contributed by atoms with Crippen molar-refractivity contribution in [1.82, 2.24) is 4.98 Å². The zero-order chi connectivity index (χ0) is 12.7. The summed E-state index contributed by atoms with van der Waals surface area (Å²) in [5.41, 5.74) is 5.83. The fourth-order valence-corrected chi connectivity index (χ4v) is 1.49. The largest absolute Gasteiger partial charge is 0.461 e. The lowest BCUT2D eigenvalue weighted by Crippen LogP contribution is -2.19. The topological polar surface area (TPSA) is 86.8 Å². The number of nitrogens with two attached hydrogens (primary N) is 1. The van der Waals surface area contributed by atoms with Gasteiger partial charge in [0.1, 0.15) is 12.3 Å². The van der Waals surface area contributed by atoms with Gasteiger partial charge in [0.25, 0.3) is 0 Å². The molecular weight excluding hydrogens is 242 g/mol. The van der Waals surface area contributed by atoms with E-state index in [1.54, 1.807) is 12.3 Å². The number of carbonyl (C=O) groups excluding carboxylic acids is 1. The fourth-order valence-electron chi connectivity index (χ4n) is 0.939. The molecule has 2 N–H and O–H groups in total. The molecule has 0 atom stereocenters. The third-order valence-corrected chi connectivity index (χ3v) is 2.26. The number of hydrogen-bond acceptors (Lipinski definition) is 7. The summed E-state index contributed by atoms with van der Waals surface area (Å²) in [6.07, 6.45) is 1.52. The molecule has 92 valence electrons. The number of aromatic nitrogens is 1. The number of oxime groups is 1. The second-order valence-electron chi connectivity index (χ2n) is 2.82. The predicted molar refractivity (Wildman–Crippen MR) is 65.8 cm³/mol. The summed E-state index contributed by atoms with van der Waals surface area (Å²) in [7, 11) is 0. The molecule has 0 spiro atoms. The monoisotopic (exact) mass is 255 g/mol. The van der Waals surface area contributed by atoms with E-state index in [4.69, 9.17) is 15.3 Å². The highest BCUT2D eigenvalue weighted by Gasteiger charge is 2.19. The van der Waals surface area contributed by atoms with Crippen LogP contribution in [0.5, 0.6) is 0 Å². The molecule has 17 heavy (non-hydrogen) atoms. The summed E-state index contributed by atoms with van der Waals surface area (Å²) in [5, 5.41) is 5.64. The lowest BCUT2D eigenvalue weighted by Gasteiger charge is -2.02. The minimum absolute atomic E-state index is 0.00153. The number of carbonyl (C=O) groups is 1. The molecule has 6 nitrogen and oxygen atoms in total. The minimum Gasteiger partial charge on any atom is -0.461 e. The van der Waals surface area contributed by atoms with Gasteiger partial charge in [0, 0.05) is 5.38 Å². The van der Waals surface area contributed by atoms with Crippen molar-refractivity contribution in [3.8, 4) is 0 Å². The molecule has 1 heterocycles. The van der Waals surface area contributed by atoms with Crippen LogP contribution in [-0.2, 0) is 14.4 Å². The third-order valence-electron chi connectivity index (χ3n) is 1.58. The predicted octanol–water partition coefficient (Wildman–Crippen LogP) is 1.20. The van der Waals surface area contributed by atoms with Gasteiger partial charge in [0.15, 0.2) is 5.13 Å². The Balaban J connectivity index is 2.89. The second kappa shape index (κ2) is 6.64. The molecule has 1 aromatic rings. The number of rotatable bonds is 6. The van der Waals surface area contributed by atoms with E-state index in [0.717, 1.165) is 0 Å². The zero-order valence-corrected chi connectivity index (χ0v) is 10.2. The molecule has 0 aliphatic heterocycles. The molecule has 0 aliphatic rings. The minimum atomic E-state index is -0.595. The van der Waals surface area contributed by atoms with Crippen molar-refractivity contribution in [3.63, 3.8) is 0 Å². The summed E-state index contributed by atoms with van der Waals surface area (Å²) in [4.78, 5) is 20.4. The Hall–Kier alpha value is -1.89. The maximum atomic E-state index is 11.6. The number of ether oxygens (including phenoxy) is 1. The van der Waals surface area contributed by atoms with E-state index in [0.29, 0.717) is 10.8 Å². The van der Waals surface area contributed by atoms with E-state index in [2.05, 4.69) is 16.7 Å². The summed E-state index contributed by atoms with van der Waals surface area (Å²) >= 11 is 1.21. The molecule has 7 heteroatoms. The first-order chi connectivity index (χ1) is 8.19. The van der Waals surface area contributed by atoms with Crippen LogP contribution >= 0.6 is 11.3 Å². The Morgan fingerprint density at radius 3 is 3.06 bits per heavy atom. The van der Waals surface area contributed by atoms with E-state index in [9.17, 15) is 4.79 Å². The van der Waals surface area contributed by atoms with E-state index >= 15 is 0 Å². The second-order valence-corrected chi connectivity index (χ2v) is 3.71. The lowest BCUT2D eigenvalue weighted by molar-refractivity contribution is -0.135. The Morgan fingerprint density at radius 1 is 1.76 bits per heavy atom. The normalized spacial score (nSPS) is 11.0. The molecule has 0 fully saturated rings. The highest BCUT2D eigenvalue weighted by Crippen LogP contribution is 2.13. The lowest BCUT2D eigenvalue weighted by atomic mass is 10.3. The van der Waals surface area contributed by atoms with Crippen LogP contribution in [-0.4, -0.2) is 29.9 Å². The Kier molecular flexibility index (Phi) is 5.15. The van der Waals surface area contributed by atoms with Crippen molar-refractivity contribution in [3.05, 3.63) is 23.7 Å². The molecule has 0 bridgehead atoms. The number of anilines is 1. The van der Waals surface area contributed by atoms with Gasteiger partial charge in [-0.2, -0.15) is 0 Å². The van der Waals surface area contributed by atoms with Gasteiger partial charge in [-0.05, 0) is 6.92 Å². The SMILES string of the molecule is C=CCON=C(C(=O)OCC)c1csc(N)n1. The number of esters is 1. The Bertz CT molecular complexity index is 428. The molecule has 0 aliphatic carbocycles. The van der Waals surface area contributed by atoms with Gasteiger partial charge in [0.2, 0.25) is 5.71 Å².